The van der Waals surface area contributed by atoms with Crippen molar-refractivity contribution in [1.82, 2.24) is 0 Å². The summed E-state index contributed by atoms with van der Waals surface area (Å²) in [6.07, 6.45) is 17.3. The molecule has 0 aliphatic heterocycles. The minimum Gasteiger partial charge on any atom is -0.481 e. The lowest BCUT2D eigenvalue weighted by Gasteiger charge is -1.95. The zero-order valence-corrected chi connectivity index (χ0v) is 15.7. The quantitative estimate of drug-likeness (QED) is 0.298. The minimum absolute atomic E-state index is 0.288. The number of carbonyl (C=O) groups is 1. The maximum atomic E-state index is 10.3. The number of rotatable bonds is 14. The molecule has 0 spiro atoms. The second-order valence-electron chi connectivity index (χ2n) is 6.39. The maximum absolute atomic E-state index is 10.3. The molecule has 2 nitrogen and oxygen atoms in total. The molecule has 0 aliphatic carbocycles. The van der Waals surface area contributed by atoms with E-state index in [0.29, 0.717) is 0 Å². The standard InChI is InChI=1S/C22H36O2/c1-2-3-4-5-6-7-8-9-10-11-12-13-14-15-16-17-18-19-20-21-22(23)24/h2-6,9-14,17-21H2,1H3,(H,23,24). The van der Waals surface area contributed by atoms with Gasteiger partial charge in [0.1, 0.15) is 0 Å². The smallest absolute Gasteiger partial charge is 0.303 e. The molecule has 0 saturated carbocycles. The summed E-state index contributed by atoms with van der Waals surface area (Å²) in [6, 6.07) is 0. The monoisotopic (exact) mass is 332 g/mol. The number of carboxylic acid groups (broad SMARTS) is 1. The molecule has 1 N–H and O–H groups in total. The Labute approximate surface area is 149 Å². The summed E-state index contributed by atoms with van der Waals surface area (Å²) in [6.45, 7) is 2.24. The van der Waals surface area contributed by atoms with E-state index in [2.05, 4.69) is 30.6 Å². The predicted octanol–water partition coefficient (Wildman–Crippen LogP) is 6.34. The molecular weight excluding hydrogens is 296 g/mol. The average molecular weight is 333 g/mol. The SMILES string of the molecule is CCCCCCC#CCCCCCCC#CCCCCCC(=O)O. The van der Waals surface area contributed by atoms with Gasteiger partial charge in [0.15, 0.2) is 0 Å². The van der Waals surface area contributed by atoms with Crippen LogP contribution in [0.15, 0.2) is 0 Å². The second-order valence-corrected chi connectivity index (χ2v) is 6.39. The first-order chi connectivity index (χ1) is 11.8. The van der Waals surface area contributed by atoms with Crippen molar-refractivity contribution in [3.05, 3.63) is 0 Å². The van der Waals surface area contributed by atoms with Gasteiger partial charge < -0.3 is 5.11 Å². The van der Waals surface area contributed by atoms with Gasteiger partial charge in [0.2, 0.25) is 0 Å². The number of aliphatic carboxylic acids is 1. The van der Waals surface area contributed by atoms with Gasteiger partial charge in [-0.15, -0.1) is 23.7 Å². The van der Waals surface area contributed by atoms with Crippen molar-refractivity contribution >= 4 is 5.97 Å². The summed E-state index contributed by atoms with van der Waals surface area (Å²) in [5.74, 6) is 12.3. The third-order valence-electron chi connectivity index (χ3n) is 3.95. The molecule has 136 valence electrons. The largest absolute Gasteiger partial charge is 0.481 e. The van der Waals surface area contributed by atoms with Gasteiger partial charge in [0.05, 0.1) is 0 Å². The average Bonchev–Trinajstić information content (AvgIpc) is 2.56. The highest BCUT2D eigenvalue weighted by Crippen LogP contribution is 2.06. The Morgan fingerprint density at radius 1 is 0.625 bits per heavy atom. The number of hydrogen-bond donors (Lipinski definition) is 1. The van der Waals surface area contributed by atoms with Crippen LogP contribution in [0.1, 0.15) is 110 Å². The molecular formula is C22H36O2. The van der Waals surface area contributed by atoms with E-state index < -0.39 is 5.97 Å². The molecule has 0 unspecified atom stereocenters. The first-order valence-corrected chi connectivity index (χ1v) is 9.90. The van der Waals surface area contributed by atoms with Crippen molar-refractivity contribution in [2.45, 2.75) is 110 Å². The van der Waals surface area contributed by atoms with Crippen molar-refractivity contribution in [2.75, 3.05) is 0 Å². The maximum Gasteiger partial charge on any atom is 0.303 e. The Hall–Kier alpha value is -1.41. The third-order valence-corrected chi connectivity index (χ3v) is 3.95. The third kappa shape index (κ3) is 20.6. The summed E-state index contributed by atoms with van der Waals surface area (Å²) >= 11 is 0. The highest BCUT2D eigenvalue weighted by molar-refractivity contribution is 5.66. The van der Waals surface area contributed by atoms with Crippen LogP contribution in [0.3, 0.4) is 0 Å². The molecule has 0 atom stereocenters. The number of hydrogen-bond acceptors (Lipinski definition) is 1. The van der Waals surface area contributed by atoms with E-state index in [1.807, 2.05) is 0 Å². The highest BCUT2D eigenvalue weighted by Gasteiger charge is 1.95. The molecule has 0 aromatic carbocycles. The van der Waals surface area contributed by atoms with Gasteiger partial charge >= 0.3 is 5.97 Å². The van der Waals surface area contributed by atoms with Gasteiger partial charge in [-0.05, 0) is 32.1 Å². The first kappa shape index (κ1) is 22.6. The van der Waals surface area contributed by atoms with E-state index in [9.17, 15) is 4.79 Å². The molecule has 0 aromatic rings. The van der Waals surface area contributed by atoms with E-state index >= 15 is 0 Å². The molecule has 0 heterocycles. The van der Waals surface area contributed by atoms with Crippen LogP contribution in [-0.4, -0.2) is 11.1 Å². The molecule has 0 radical (unpaired) electrons. The van der Waals surface area contributed by atoms with Crippen LogP contribution in [0.4, 0.5) is 0 Å². The zero-order valence-electron chi connectivity index (χ0n) is 15.7. The number of unbranched alkanes of at least 4 members (excludes halogenated alkanes) is 12. The molecule has 0 saturated heterocycles. The summed E-state index contributed by atoms with van der Waals surface area (Å²) in [7, 11) is 0. The lowest BCUT2D eigenvalue weighted by molar-refractivity contribution is -0.137. The van der Waals surface area contributed by atoms with E-state index in [4.69, 9.17) is 5.11 Å². The van der Waals surface area contributed by atoms with E-state index in [0.717, 1.165) is 44.9 Å². The molecule has 2 heteroatoms. The molecule has 0 rings (SSSR count). The van der Waals surface area contributed by atoms with E-state index in [1.165, 1.54) is 51.4 Å². The van der Waals surface area contributed by atoms with Crippen LogP contribution in [0.5, 0.6) is 0 Å². The van der Waals surface area contributed by atoms with Crippen LogP contribution in [0.2, 0.25) is 0 Å². The first-order valence-electron chi connectivity index (χ1n) is 9.90. The van der Waals surface area contributed by atoms with E-state index in [1.54, 1.807) is 0 Å². The van der Waals surface area contributed by atoms with Gasteiger partial charge in [-0.1, -0.05) is 45.4 Å². The lowest BCUT2D eigenvalue weighted by atomic mass is 10.1. The van der Waals surface area contributed by atoms with Gasteiger partial charge in [0.25, 0.3) is 0 Å². The second kappa shape index (κ2) is 19.6. The van der Waals surface area contributed by atoms with Crippen molar-refractivity contribution in [2.24, 2.45) is 0 Å². The van der Waals surface area contributed by atoms with Crippen LogP contribution >= 0.6 is 0 Å². The minimum atomic E-state index is -0.695. The Morgan fingerprint density at radius 3 is 1.38 bits per heavy atom. The van der Waals surface area contributed by atoms with Crippen LogP contribution < -0.4 is 0 Å². The van der Waals surface area contributed by atoms with Crippen molar-refractivity contribution in [3.8, 4) is 23.7 Å². The Balaban J connectivity index is 3.21. The molecule has 0 fully saturated rings. The Bertz CT molecular complexity index is 403. The topological polar surface area (TPSA) is 37.3 Å². The number of carboxylic acids is 1. The van der Waals surface area contributed by atoms with Gasteiger partial charge in [-0.3, -0.25) is 4.79 Å². The summed E-state index contributed by atoms with van der Waals surface area (Å²) in [4.78, 5) is 10.3. The molecule has 0 amide bonds. The fourth-order valence-corrected chi connectivity index (χ4v) is 2.44. The van der Waals surface area contributed by atoms with Gasteiger partial charge in [0, 0.05) is 32.1 Å². The Kier molecular flexibility index (Phi) is 18.5. The molecule has 0 bridgehead atoms. The van der Waals surface area contributed by atoms with Gasteiger partial charge in [-0.25, -0.2) is 0 Å². The van der Waals surface area contributed by atoms with Crippen molar-refractivity contribution in [1.29, 1.82) is 0 Å². The molecule has 0 aromatic heterocycles. The zero-order chi connectivity index (χ0) is 17.7. The molecule has 0 aliphatic rings. The summed E-state index contributed by atoms with van der Waals surface area (Å²) in [5, 5.41) is 8.52. The highest BCUT2D eigenvalue weighted by atomic mass is 16.4. The summed E-state index contributed by atoms with van der Waals surface area (Å²) < 4.78 is 0. The van der Waals surface area contributed by atoms with Gasteiger partial charge in [-0.2, -0.15) is 0 Å². The van der Waals surface area contributed by atoms with Crippen molar-refractivity contribution in [3.63, 3.8) is 0 Å². The van der Waals surface area contributed by atoms with Crippen LogP contribution in [0.25, 0.3) is 0 Å². The fraction of sp³-hybridized carbons (Fsp3) is 0.773. The lowest BCUT2D eigenvalue weighted by Crippen LogP contribution is -1.93. The Morgan fingerprint density at radius 2 is 1.00 bits per heavy atom. The van der Waals surface area contributed by atoms with Crippen LogP contribution in [-0.2, 0) is 4.79 Å². The van der Waals surface area contributed by atoms with Crippen LogP contribution in [0, 0.1) is 23.7 Å². The summed E-state index contributed by atoms with van der Waals surface area (Å²) in [5.41, 5.74) is 0. The molecule has 24 heavy (non-hydrogen) atoms. The van der Waals surface area contributed by atoms with Crippen molar-refractivity contribution < 1.29 is 9.90 Å². The fourth-order valence-electron chi connectivity index (χ4n) is 2.44. The normalized spacial score (nSPS) is 9.71. The predicted molar refractivity (Wildman–Crippen MR) is 103 cm³/mol. The van der Waals surface area contributed by atoms with E-state index in [-0.39, 0.29) is 6.42 Å².